The molecule has 0 heterocycles. The van der Waals surface area contributed by atoms with E-state index in [0.717, 1.165) is 11.1 Å². The molecule has 0 aromatic heterocycles. The zero-order chi connectivity index (χ0) is 23.0. The number of nitrogens with two attached hydrogens (primary N) is 2. The highest BCUT2D eigenvalue weighted by Gasteiger charge is 2.19. The molecule has 9 heteroatoms. The standard InChI is InChI=1S/C22H29N5O4/c1-13(2)11-18(24)21(29)25-17-9-7-15(8-10-17)14-3-5-16(6-4-14)20(28)26-19(12-23)22(30)27-31/h3-10,13,18-19,31H,11-12,23-24H2,1-2H3,(H,25,29)(H,26,28)(H,27,30)/t18-,19-/m0/s1. The molecule has 0 aliphatic rings. The van der Waals surface area contributed by atoms with Gasteiger partial charge >= 0.3 is 0 Å². The van der Waals surface area contributed by atoms with Gasteiger partial charge in [0.2, 0.25) is 5.91 Å². The summed E-state index contributed by atoms with van der Waals surface area (Å²) in [6, 6.07) is 12.5. The lowest BCUT2D eigenvalue weighted by Gasteiger charge is -2.15. The molecule has 0 aliphatic carbocycles. The fourth-order valence-corrected chi connectivity index (χ4v) is 2.96. The van der Waals surface area contributed by atoms with Gasteiger partial charge in [-0.1, -0.05) is 38.1 Å². The topological polar surface area (TPSA) is 160 Å². The van der Waals surface area contributed by atoms with Gasteiger partial charge in [0.25, 0.3) is 11.8 Å². The SMILES string of the molecule is CC(C)C[C@H](N)C(=O)Nc1ccc(-c2ccc(C(=O)N[C@@H](CN)C(=O)NO)cc2)cc1. The van der Waals surface area contributed by atoms with Crippen molar-refractivity contribution in [2.24, 2.45) is 17.4 Å². The highest BCUT2D eigenvalue weighted by atomic mass is 16.5. The average molecular weight is 428 g/mol. The van der Waals surface area contributed by atoms with E-state index >= 15 is 0 Å². The van der Waals surface area contributed by atoms with Crippen molar-refractivity contribution in [1.29, 1.82) is 0 Å². The van der Waals surface area contributed by atoms with Gasteiger partial charge in [0.05, 0.1) is 6.04 Å². The average Bonchev–Trinajstić information content (AvgIpc) is 2.76. The minimum Gasteiger partial charge on any atom is -0.339 e. The van der Waals surface area contributed by atoms with Crippen LogP contribution in [0.2, 0.25) is 0 Å². The fraction of sp³-hybridized carbons (Fsp3) is 0.318. The van der Waals surface area contributed by atoms with Crippen LogP contribution < -0.4 is 27.6 Å². The van der Waals surface area contributed by atoms with Crippen molar-refractivity contribution < 1.29 is 19.6 Å². The molecule has 0 bridgehead atoms. The van der Waals surface area contributed by atoms with Gasteiger partial charge in [-0.25, -0.2) is 5.48 Å². The summed E-state index contributed by atoms with van der Waals surface area (Å²) in [6.07, 6.45) is 0.612. The van der Waals surface area contributed by atoms with Crippen molar-refractivity contribution in [3.8, 4) is 11.1 Å². The molecule has 0 radical (unpaired) electrons. The van der Waals surface area contributed by atoms with E-state index in [1.54, 1.807) is 36.4 Å². The second-order valence-electron chi connectivity index (χ2n) is 7.62. The van der Waals surface area contributed by atoms with Gasteiger partial charge in [-0.2, -0.15) is 0 Å². The lowest BCUT2D eigenvalue weighted by molar-refractivity contribution is -0.130. The van der Waals surface area contributed by atoms with E-state index in [2.05, 4.69) is 10.6 Å². The molecule has 0 unspecified atom stereocenters. The first-order valence-electron chi connectivity index (χ1n) is 9.97. The normalized spacial score (nSPS) is 12.7. The number of carbonyl (C=O) groups excluding carboxylic acids is 3. The van der Waals surface area contributed by atoms with Crippen LogP contribution in [0.4, 0.5) is 5.69 Å². The molecular formula is C22H29N5O4. The van der Waals surface area contributed by atoms with E-state index in [0.29, 0.717) is 23.6 Å². The summed E-state index contributed by atoms with van der Waals surface area (Å²) in [5.74, 6) is -1.16. The van der Waals surface area contributed by atoms with Crippen LogP contribution >= 0.6 is 0 Å². The van der Waals surface area contributed by atoms with Crippen LogP contribution in [-0.4, -0.2) is 41.6 Å². The maximum atomic E-state index is 12.3. The number of benzene rings is 2. The van der Waals surface area contributed by atoms with E-state index in [4.69, 9.17) is 16.7 Å². The molecule has 31 heavy (non-hydrogen) atoms. The summed E-state index contributed by atoms with van der Waals surface area (Å²) in [4.78, 5) is 35.9. The largest absolute Gasteiger partial charge is 0.339 e. The summed E-state index contributed by atoms with van der Waals surface area (Å²) < 4.78 is 0. The van der Waals surface area contributed by atoms with Gasteiger partial charge in [0.15, 0.2) is 0 Å². The Balaban J connectivity index is 2.02. The van der Waals surface area contributed by atoms with Crippen LogP contribution in [0.5, 0.6) is 0 Å². The molecule has 8 N–H and O–H groups in total. The van der Waals surface area contributed by atoms with Crippen molar-refractivity contribution in [2.45, 2.75) is 32.4 Å². The number of rotatable bonds is 9. The Hall–Kier alpha value is -3.27. The number of nitrogens with one attached hydrogen (secondary N) is 3. The van der Waals surface area contributed by atoms with Crippen molar-refractivity contribution in [3.63, 3.8) is 0 Å². The van der Waals surface area contributed by atoms with E-state index < -0.39 is 23.9 Å². The maximum absolute atomic E-state index is 12.3. The second kappa shape index (κ2) is 11.2. The Bertz CT molecular complexity index is 897. The second-order valence-corrected chi connectivity index (χ2v) is 7.62. The zero-order valence-electron chi connectivity index (χ0n) is 17.6. The van der Waals surface area contributed by atoms with E-state index in [1.165, 1.54) is 5.48 Å². The zero-order valence-corrected chi connectivity index (χ0v) is 17.6. The van der Waals surface area contributed by atoms with Gasteiger partial charge in [0.1, 0.15) is 6.04 Å². The Labute approximate surface area is 181 Å². The van der Waals surface area contributed by atoms with Crippen LogP contribution in [0.15, 0.2) is 48.5 Å². The van der Waals surface area contributed by atoms with Crippen LogP contribution in [0, 0.1) is 5.92 Å². The molecule has 2 aromatic carbocycles. The molecule has 2 rings (SSSR count). The quantitative estimate of drug-likeness (QED) is 0.261. The van der Waals surface area contributed by atoms with Gasteiger partial charge in [-0.15, -0.1) is 0 Å². The minimum absolute atomic E-state index is 0.151. The highest BCUT2D eigenvalue weighted by Crippen LogP contribution is 2.22. The number of amides is 3. The maximum Gasteiger partial charge on any atom is 0.267 e. The Morgan fingerprint density at radius 2 is 1.48 bits per heavy atom. The number of anilines is 1. The van der Waals surface area contributed by atoms with Crippen LogP contribution in [-0.2, 0) is 9.59 Å². The highest BCUT2D eigenvalue weighted by molar-refractivity contribution is 5.98. The molecule has 0 spiro atoms. The summed E-state index contributed by atoms with van der Waals surface area (Å²) in [6.45, 7) is 3.87. The summed E-state index contributed by atoms with van der Waals surface area (Å²) in [5.41, 5.74) is 15.6. The molecule has 0 fully saturated rings. The van der Waals surface area contributed by atoms with Crippen molar-refractivity contribution in [2.75, 3.05) is 11.9 Å². The lowest BCUT2D eigenvalue weighted by Crippen LogP contribution is -2.50. The Kier molecular flexibility index (Phi) is 8.68. The fourth-order valence-electron chi connectivity index (χ4n) is 2.96. The first-order chi connectivity index (χ1) is 14.7. The predicted molar refractivity (Wildman–Crippen MR) is 118 cm³/mol. The van der Waals surface area contributed by atoms with E-state index in [1.807, 2.05) is 26.0 Å². The smallest absolute Gasteiger partial charge is 0.267 e. The first kappa shape index (κ1) is 24.0. The van der Waals surface area contributed by atoms with Crippen LogP contribution in [0.1, 0.15) is 30.6 Å². The molecule has 2 atom stereocenters. The minimum atomic E-state index is -1.03. The van der Waals surface area contributed by atoms with Gasteiger partial charge in [-0.05, 0) is 47.7 Å². The number of hydroxylamine groups is 1. The summed E-state index contributed by atoms with van der Waals surface area (Å²) >= 11 is 0. The van der Waals surface area contributed by atoms with Crippen LogP contribution in [0.3, 0.4) is 0 Å². The van der Waals surface area contributed by atoms with E-state index in [-0.39, 0.29) is 12.5 Å². The molecule has 2 aromatic rings. The van der Waals surface area contributed by atoms with Crippen molar-refractivity contribution in [3.05, 3.63) is 54.1 Å². The first-order valence-corrected chi connectivity index (χ1v) is 9.97. The predicted octanol–water partition coefficient (Wildman–Crippen LogP) is 1.23. The van der Waals surface area contributed by atoms with Crippen molar-refractivity contribution in [1.82, 2.24) is 10.8 Å². The van der Waals surface area contributed by atoms with Gasteiger partial charge in [0, 0.05) is 17.8 Å². The van der Waals surface area contributed by atoms with Gasteiger partial charge < -0.3 is 22.1 Å². The number of hydrogen-bond donors (Lipinski definition) is 6. The van der Waals surface area contributed by atoms with Crippen molar-refractivity contribution >= 4 is 23.4 Å². The number of hydrogen-bond acceptors (Lipinski definition) is 6. The molecule has 9 nitrogen and oxygen atoms in total. The van der Waals surface area contributed by atoms with E-state index in [9.17, 15) is 14.4 Å². The Morgan fingerprint density at radius 3 is 1.97 bits per heavy atom. The molecule has 166 valence electrons. The molecule has 0 saturated heterocycles. The third-order valence-electron chi connectivity index (χ3n) is 4.66. The molecule has 0 saturated carbocycles. The van der Waals surface area contributed by atoms with Gasteiger partial charge in [-0.3, -0.25) is 19.6 Å². The number of carbonyl (C=O) groups is 3. The monoisotopic (exact) mass is 427 g/mol. The molecular weight excluding hydrogens is 398 g/mol. The third-order valence-corrected chi connectivity index (χ3v) is 4.66. The van der Waals surface area contributed by atoms with Crippen LogP contribution in [0.25, 0.3) is 11.1 Å². The third kappa shape index (κ3) is 6.88. The summed E-state index contributed by atoms with van der Waals surface area (Å²) in [5, 5.41) is 13.9. The molecule has 3 amide bonds. The lowest BCUT2D eigenvalue weighted by atomic mass is 10.0. The Morgan fingerprint density at radius 1 is 0.935 bits per heavy atom. The molecule has 0 aliphatic heterocycles. The summed E-state index contributed by atoms with van der Waals surface area (Å²) in [7, 11) is 0.